The first-order valence-corrected chi connectivity index (χ1v) is 6.00. The zero-order valence-corrected chi connectivity index (χ0v) is 10.8. The Kier molecular flexibility index (Phi) is 3.28. The fourth-order valence-electron chi connectivity index (χ4n) is 1.58. The zero-order chi connectivity index (χ0) is 12.4. The van der Waals surface area contributed by atoms with Crippen LogP contribution in [0.5, 0.6) is 5.75 Å². The molecule has 1 aliphatic heterocycles. The lowest BCUT2D eigenvalue weighted by atomic mass is 10.3. The van der Waals surface area contributed by atoms with Crippen LogP contribution in [0.1, 0.15) is 0 Å². The van der Waals surface area contributed by atoms with E-state index in [4.69, 9.17) is 4.74 Å². The Labute approximate surface area is 105 Å². The first-order chi connectivity index (χ1) is 8.15. The highest BCUT2D eigenvalue weighted by Gasteiger charge is 2.23. The van der Waals surface area contributed by atoms with E-state index in [0.29, 0.717) is 0 Å². The van der Waals surface area contributed by atoms with Gasteiger partial charge in [0, 0.05) is 31.1 Å². The van der Waals surface area contributed by atoms with Crippen molar-refractivity contribution in [1.29, 1.82) is 0 Å². The van der Waals surface area contributed by atoms with Gasteiger partial charge in [-0.05, 0) is 12.1 Å². The average Bonchev–Trinajstić information content (AvgIpc) is 2.66. The van der Waals surface area contributed by atoms with E-state index in [9.17, 15) is 4.79 Å². The summed E-state index contributed by atoms with van der Waals surface area (Å²) < 4.78 is 5.19. The molecular weight excluding hydrogens is 236 g/mol. The second-order valence-corrected chi connectivity index (χ2v) is 4.65. The van der Waals surface area contributed by atoms with E-state index in [0.717, 1.165) is 21.4 Å². The smallest absolute Gasteiger partial charge is 0.246 e. The van der Waals surface area contributed by atoms with Crippen LogP contribution in [-0.2, 0) is 4.79 Å². The van der Waals surface area contributed by atoms with Crippen molar-refractivity contribution in [3.05, 3.63) is 29.3 Å². The van der Waals surface area contributed by atoms with Crippen LogP contribution in [0.4, 0.5) is 5.69 Å². The van der Waals surface area contributed by atoms with Gasteiger partial charge in [0.05, 0.1) is 17.8 Å². The molecule has 0 saturated carbocycles. The van der Waals surface area contributed by atoms with Crippen LogP contribution in [0.2, 0.25) is 0 Å². The molecule has 0 saturated heterocycles. The normalized spacial score (nSPS) is 15.9. The van der Waals surface area contributed by atoms with Crippen molar-refractivity contribution >= 4 is 23.4 Å². The number of methoxy groups -OCH3 is 1. The van der Waals surface area contributed by atoms with Crippen molar-refractivity contribution in [3.63, 3.8) is 0 Å². The minimum absolute atomic E-state index is 0.0980. The highest BCUT2D eigenvalue weighted by Crippen LogP contribution is 2.46. The topological polar surface area (TPSA) is 41.6 Å². The maximum Gasteiger partial charge on any atom is 0.246 e. The first kappa shape index (κ1) is 11.9. The standard InChI is InChI=1S/C12H14N2O2S/c1-13-11(15)7-12-14(2)9-6-8(16-3)4-5-10(9)17-12/h4-7H,1-3H3,(H,13,15)/b12-7-. The molecule has 1 aromatic rings. The van der Waals surface area contributed by atoms with Crippen LogP contribution in [0.25, 0.3) is 0 Å². The van der Waals surface area contributed by atoms with Crippen LogP contribution in [-0.4, -0.2) is 27.1 Å². The van der Waals surface area contributed by atoms with Crippen molar-refractivity contribution in [2.45, 2.75) is 4.90 Å². The highest BCUT2D eigenvalue weighted by atomic mass is 32.2. The van der Waals surface area contributed by atoms with Crippen molar-refractivity contribution in [1.82, 2.24) is 5.32 Å². The van der Waals surface area contributed by atoms with Crippen LogP contribution in [0, 0.1) is 0 Å². The van der Waals surface area contributed by atoms with E-state index in [2.05, 4.69) is 5.32 Å². The molecule has 0 spiro atoms. The van der Waals surface area contributed by atoms with E-state index in [-0.39, 0.29) is 5.91 Å². The van der Waals surface area contributed by atoms with Gasteiger partial charge in [-0.1, -0.05) is 11.8 Å². The Hall–Kier alpha value is -1.62. The Balaban J connectivity index is 2.32. The maximum absolute atomic E-state index is 11.3. The molecule has 0 fully saturated rings. The summed E-state index contributed by atoms with van der Waals surface area (Å²) in [6, 6.07) is 5.88. The van der Waals surface area contributed by atoms with Gasteiger partial charge in [0.1, 0.15) is 5.75 Å². The number of nitrogens with one attached hydrogen (secondary N) is 1. The zero-order valence-electron chi connectivity index (χ0n) is 9.98. The Morgan fingerprint density at radius 1 is 1.53 bits per heavy atom. The monoisotopic (exact) mass is 250 g/mol. The molecule has 0 bridgehead atoms. The van der Waals surface area contributed by atoms with Crippen LogP contribution >= 0.6 is 11.8 Å². The second kappa shape index (κ2) is 4.71. The molecule has 1 aliphatic rings. The number of carbonyl (C=O) groups is 1. The number of ether oxygens (including phenoxy) is 1. The minimum atomic E-state index is -0.0980. The van der Waals surface area contributed by atoms with E-state index in [1.54, 1.807) is 32.0 Å². The highest BCUT2D eigenvalue weighted by molar-refractivity contribution is 8.03. The summed E-state index contributed by atoms with van der Waals surface area (Å²) in [7, 11) is 5.20. The fourth-order valence-corrected chi connectivity index (χ4v) is 2.65. The van der Waals surface area contributed by atoms with Gasteiger partial charge in [-0.3, -0.25) is 4.79 Å². The molecule has 0 aromatic heterocycles. The molecule has 1 amide bonds. The molecule has 1 N–H and O–H groups in total. The van der Waals surface area contributed by atoms with Crippen LogP contribution < -0.4 is 15.0 Å². The first-order valence-electron chi connectivity index (χ1n) is 5.18. The van der Waals surface area contributed by atoms with Crippen molar-refractivity contribution in [2.75, 3.05) is 26.1 Å². The lowest BCUT2D eigenvalue weighted by Crippen LogP contribution is -2.18. The second-order valence-electron chi connectivity index (χ2n) is 3.59. The number of hydrogen-bond donors (Lipinski definition) is 1. The number of nitrogens with zero attached hydrogens (tertiary/aromatic N) is 1. The summed E-state index contributed by atoms with van der Waals surface area (Å²) in [4.78, 5) is 14.4. The van der Waals surface area contributed by atoms with E-state index < -0.39 is 0 Å². The molecule has 5 heteroatoms. The summed E-state index contributed by atoms with van der Waals surface area (Å²) in [5.41, 5.74) is 1.06. The summed E-state index contributed by atoms with van der Waals surface area (Å²) in [5, 5.41) is 3.49. The molecule has 4 nitrogen and oxygen atoms in total. The maximum atomic E-state index is 11.3. The van der Waals surface area contributed by atoms with Gasteiger partial charge < -0.3 is 15.0 Å². The number of likely N-dealkylation sites (N-methyl/N-ethyl adjacent to an activating group) is 1. The third kappa shape index (κ3) is 2.24. The number of anilines is 1. The Morgan fingerprint density at radius 2 is 2.29 bits per heavy atom. The Bertz CT molecular complexity index is 485. The quantitative estimate of drug-likeness (QED) is 0.813. The number of carbonyl (C=O) groups excluding carboxylic acids is 1. The molecule has 0 unspecified atom stereocenters. The van der Waals surface area contributed by atoms with Gasteiger partial charge in [0.2, 0.25) is 5.91 Å². The van der Waals surface area contributed by atoms with Crippen molar-refractivity contribution < 1.29 is 9.53 Å². The number of amides is 1. The molecular formula is C12H14N2O2S. The fraction of sp³-hybridized carbons (Fsp3) is 0.250. The van der Waals surface area contributed by atoms with Gasteiger partial charge in [0.25, 0.3) is 0 Å². The average molecular weight is 250 g/mol. The van der Waals surface area contributed by atoms with E-state index in [1.165, 1.54) is 0 Å². The van der Waals surface area contributed by atoms with Gasteiger partial charge in [0.15, 0.2) is 0 Å². The SMILES string of the molecule is CNC(=O)/C=C1\Sc2ccc(OC)cc2N1C. The molecule has 17 heavy (non-hydrogen) atoms. The van der Waals surface area contributed by atoms with Gasteiger partial charge >= 0.3 is 0 Å². The van der Waals surface area contributed by atoms with Gasteiger partial charge in [-0.15, -0.1) is 0 Å². The number of thioether (sulfide) groups is 1. The number of rotatable bonds is 2. The molecule has 1 aromatic carbocycles. The largest absolute Gasteiger partial charge is 0.497 e. The van der Waals surface area contributed by atoms with Crippen molar-refractivity contribution in [3.8, 4) is 5.75 Å². The predicted molar refractivity (Wildman–Crippen MR) is 69.4 cm³/mol. The van der Waals surface area contributed by atoms with Gasteiger partial charge in [-0.2, -0.15) is 0 Å². The Morgan fingerprint density at radius 3 is 2.94 bits per heavy atom. The molecule has 0 radical (unpaired) electrons. The van der Waals surface area contributed by atoms with Crippen molar-refractivity contribution in [2.24, 2.45) is 0 Å². The van der Waals surface area contributed by atoms with Crippen LogP contribution in [0.15, 0.2) is 34.2 Å². The molecule has 0 aliphatic carbocycles. The molecule has 2 rings (SSSR count). The van der Waals surface area contributed by atoms with Crippen LogP contribution in [0.3, 0.4) is 0 Å². The third-order valence-electron chi connectivity index (χ3n) is 2.57. The lowest BCUT2D eigenvalue weighted by molar-refractivity contribution is -0.116. The lowest BCUT2D eigenvalue weighted by Gasteiger charge is -2.13. The minimum Gasteiger partial charge on any atom is -0.497 e. The number of benzene rings is 1. The summed E-state index contributed by atoms with van der Waals surface area (Å²) in [6.45, 7) is 0. The predicted octanol–water partition coefficient (Wildman–Crippen LogP) is 1.82. The summed E-state index contributed by atoms with van der Waals surface area (Å²) >= 11 is 1.58. The summed E-state index contributed by atoms with van der Waals surface area (Å²) in [6.07, 6.45) is 1.59. The number of fused-ring (bicyclic) bond motifs is 1. The summed E-state index contributed by atoms with van der Waals surface area (Å²) in [5.74, 6) is 0.719. The third-order valence-corrected chi connectivity index (χ3v) is 3.74. The molecule has 90 valence electrons. The van der Waals surface area contributed by atoms with E-state index in [1.807, 2.05) is 30.1 Å². The molecule has 1 heterocycles. The van der Waals surface area contributed by atoms with Gasteiger partial charge in [-0.25, -0.2) is 0 Å². The number of hydrogen-bond acceptors (Lipinski definition) is 4. The van der Waals surface area contributed by atoms with E-state index >= 15 is 0 Å². The molecule has 0 atom stereocenters.